The van der Waals surface area contributed by atoms with Gasteiger partial charge in [0.25, 0.3) is 0 Å². The van der Waals surface area contributed by atoms with Crippen molar-refractivity contribution in [2.24, 2.45) is 0 Å². The van der Waals surface area contributed by atoms with Gasteiger partial charge in [0.05, 0.1) is 23.1 Å². The topological polar surface area (TPSA) is 55.2 Å². The first-order valence-corrected chi connectivity index (χ1v) is 9.36. The first kappa shape index (κ1) is 16.5. The summed E-state index contributed by atoms with van der Waals surface area (Å²) in [5.74, 6) is 0.290. The Kier molecular flexibility index (Phi) is 5.08. The number of sulfonamides is 1. The normalized spacial score (nSPS) is 12.2. The molecule has 0 fully saturated rings. The molecule has 116 valence electrons. The van der Waals surface area contributed by atoms with Crippen LogP contribution in [0.1, 0.15) is 23.3 Å². The standard InChI is InChI=1S/C13H18ClN3O2S2/c1-4-17-8-13(5-12(17)6-14)21(18,19)16(3)7-11-9-20-10(2)15-11/h5,8-9H,4,6-7H2,1-3H3. The van der Waals surface area contributed by atoms with Crippen LogP contribution in [0, 0.1) is 6.92 Å². The van der Waals surface area contributed by atoms with Gasteiger partial charge in [-0.25, -0.2) is 13.4 Å². The van der Waals surface area contributed by atoms with Gasteiger partial charge >= 0.3 is 0 Å². The number of aromatic nitrogens is 2. The quantitative estimate of drug-likeness (QED) is 0.755. The smallest absolute Gasteiger partial charge is 0.244 e. The second kappa shape index (κ2) is 6.48. The molecule has 8 heteroatoms. The van der Waals surface area contributed by atoms with Crippen molar-refractivity contribution in [3.8, 4) is 0 Å². The third-order valence-corrected chi connectivity index (χ3v) is 6.06. The number of halogens is 1. The van der Waals surface area contributed by atoms with E-state index in [0.717, 1.165) is 16.4 Å². The zero-order valence-corrected chi connectivity index (χ0v) is 14.6. The monoisotopic (exact) mass is 347 g/mol. The molecule has 0 aliphatic rings. The third kappa shape index (κ3) is 3.48. The molecule has 0 bridgehead atoms. The minimum absolute atomic E-state index is 0.264. The van der Waals surface area contributed by atoms with Crippen LogP contribution in [0.4, 0.5) is 0 Å². The van der Waals surface area contributed by atoms with E-state index >= 15 is 0 Å². The molecule has 2 heterocycles. The Balaban J connectivity index is 2.26. The molecule has 0 aromatic carbocycles. The molecule has 0 radical (unpaired) electrons. The van der Waals surface area contributed by atoms with Crippen molar-refractivity contribution in [3.63, 3.8) is 0 Å². The number of thiazole rings is 1. The zero-order valence-electron chi connectivity index (χ0n) is 12.2. The second-order valence-electron chi connectivity index (χ2n) is 4.71. The van der Waals surface area contributed by atoms with Gasteiger partial charge in [0.1, 0.15) is 4.90 Å². The van der Waals surface area contributed by atoms with Gasteiger partial charge in [-0.2, -0.15) is 4.31 Å². The molecule has 0 unspecified atom stereocenters. The third-order valence-electron chi connectivity index (χ3n) is 3.20. The molecule has 0 aliphatic carbocycles. The summed E-state index contributed by atoms with van der Waals surface area (Å²) in [4.78, 5) is 4.57. The van der Waals surface area contributed by atoms with Crippen molar-refractivity contribution in [3.05, 3.63) is 34.0 Å². The van der Waals surface area contributed by atoms with Gasteiger partial charge in [-0.1, -0.05) is 0 Å². The van der Waals surface area contributed by atoms with Crippen LogP contribution in [-0.4, -0.2) is 29.3 Å². The van der Waals surface area contributed by atoms with Crippen molar-refractivity contribution >= 4 is 33.0 Å². The van der Waals surface area contributed by atoms with Crippen LogP contribution in [0.2, 0.25) is 0 Å². The molecule has 0 spiro atoms. The average molecular weight is 348 g/mol. The van der Waals surface area contributed by atoms with Crippen molar-refractivity contribution in [1.29, 1.82) is 0 Å². The highest BCUT2D eigenvalue weighted by Gasteiger charge is 2.24. The molecule has 5 nitrogen and oxygen atoms in total. The molecular weight excluding hydrogens is 330 g/mol. The van der Waals surface area contributed by atoms with Crippen LogP contribution in [-0.2, 0) is 29.0 Å². The fraction of sp³-hybridized carbons (Fsp3) is 0.462. The number of hydrogen-bond donors (Lipinski definition) is 0. The average Bonchev–Trinajstić information content (AvgIpc) is 3.04. The highest BCUT2D eigenvalue weighted by Crippen LogP contribution is 2.21. The van der Waals surface area contributed by atoms with Crippen LogP contribution < -0.4 is 0 Å². The van der Waals surface area contributed by atoms with Gasteiger partial charge in [-0.3, -0.25) is 0 Å². The van der Waals surface area contributed by atoms with E-state index in [0.29, 0.717) is 12.4 Å². The van der Waals surface area contributed by atoms with Gasteiger partial charge in [0.2, 0.25) is 10.0 Å². The minimum atomic E-state index is -3.53. The number of aryl methyl sites for hydroxylation is 2. The Morgan fingerprint density at radius 2 is 2.19 bits per heavy atom. The maximum Gasteiger partial charge on any atom is 0.244 e. The Labute approximate surface area is 134 Å². The van der Waals surface area contributed by atoms with E-state index in [9.17, 15) is 8.42 Å². The van der Waals surface area contributed by atoms with Crippen molar-refractivity contribution < 1.29 is 8.42 Å². The van der Waals surface area contributed by atoms with Gasteiger partial charge < -0.3 is 4.57 Å². The fourth-order valence-corrected chi connectivity index (χ4v) is 4.09. The highest BCUT2D eigenvalue weighted by molar-refractivity contribution is 7.89. The van der Waals surface area contributed by atoms with Crippen LogP contribution in [0.25, 0.3) is 0 Å². The SMILES string of the molecule is CCn1cc(S(=O)(=O)N(C)Cc2csc(C)n2)cc1CCl. The molecule has 0 N–H and O–H groups in total. The van der Waals surface area contributed by atoms with E-state index in [-0.39, 0.29) is 11.4 Å². The summed E-state index contributed by atoms with van der Waals surface area (Å²) in [6.45, 7) is 4.80. The summed E-state index contributed by atoms with van der Waals surface area (Å²) < 4.78 is 28.3. The molecule has 0 amide bonds. The summed E-state index contributed by atoms with van der Waals surface area (Å²) in [6, 6.07) is 1.63. The molecule has 21 heavy (non-hydrogen) atoms. The van der Waals surface area contributed by atoms with E-state index in [2.05, 4.69) is 4.98 Å². The lowest BCUT2D eigenvalue weighted by Gasteiger charge is -2.14. The number of alkyl halides is 1. The Hall–Kier alpha value is -0.890. The van der Waals surface area contributed by atoms with Gasteiger partial charge in [-0.05, 0) is 19.9 Å². The largest absolute Gasteiger partial charge is 0.349 e. The van der Waals surface area contributed by atoms with Gasteiger partial charge in [-0.15, -0.1) is 22.9 Å². The van der Waals surface area contributed by atoms with Crippen molar-refractivity contribution in [1.82, 2.24) is 13.9 Å². The molecule has 0 aliphatic heterocycles. The van der Waals surface area contributed by atoms with Crippen LogP contribution >= 0.6 is 22.9 Å². The Bertz CT molecular complexity index is 700. The van der Waals surface area contributed by atoms with Gasteiger partial charge in [0.15, 0.2) is 0 Å². The van der Waals surface area contributed by atoms with Crippen LogP contribution in [0.3, 0.4) is 0 Å². The van der Waals surface area contributed by atoms with Crippen LogP contribution in [0.15, 0.2) is 22.5 Å². The first-order valence-electron chi connectivity index (χ1n) is 6.50. The fourth-order valence-electron chi connectivity index (χ4n) is 2.05. The minimum Gasteiger partial charge on any atom is -0.349 e. The zero-order chi connectivity index (χ0) is 15.6. The van der Waals surface area contributed by atoms with Crippen molar-refractivity contribution in [2.75, 3.05) is 7.05 Å². The summed E-state index contributed by atoms with van der Waals surface area (Å²) in [7, 11) is -1.97. The molecule has 2 aromatic rings. The maximum absolute atomic E-state index is 12.6. The molecule has 2 rings (SSSR count). The second-order valence-corrected chi connectivity index (χ2v) is 8.08. The summed E-state index contributed by atoms with van der Waals surface area (Å²) in [5.41, 5.74) is 1.56. The summed E-state index contributed by atoms with van der Waals surface area (Å²) in [5, 5.41) is 2.81. The van der Waals surface area contributed by atoms with Crippen LogP contribution in [0.5, 0.6) is 0 Å². The summed E-state index contributed by atoms with van der Waals surface area (Å²) in [6.07, 6.45) is 1.63. The number of hydrogen-bond acceptors (Lipinski definition) is 4. The van der Waals surface area contributed by atoms with E-state index in [1.54, 1.807) is 19.3 Å². The van der Waals surface area contributed by atoms with Crippen molar-refractivity contribution in [2.45, 2.75) is 37.7 Å². The lowest BCUT2D eigenvalue weighted by molar-refractivity contribution is 0.462. The molecular formula is C13H18ClN3O2S2. The van der Waals surface area contributed by atoms with E-state index in [1.165, 1.54) is 15.6 Å². The van der Waals surface area contributed by atoms with E-state index in [1.807, 2.05) is 23.8 Å². The predicted molar refractivity (Wildman–Crippen MR) is 85.2 cm³/mol. The number of rotatable bonds is 6. The maximum atomic E-state index is 12.6. The number of nitrogens with zero attached hydrogens (tertiary/aromatic N) is 3. The molecule has 2 aromatic heterocycles. The Morgan fingerprint density at radius 1 is 1.48 bits per heavy atom. The summed E-state index contributed by atoms with van der Waals surface area (Å²) >= 11 is 7.36. The molecule has 0 saturated heterocycles. The predicted octanol–water partition coefficient (Wildman–Crippen LogP) is 2.83. The van der Waals surface area contributed by atoms with E-state index < -0.39 is 10.0 Å². The first-order chi connectivity index (χ1) is 9.88. The lowest BCUT2D eigenvalue weighted by Crippen LogP contribution is -2.26. The lowest BCUT2D eigenvalue weighted by atomic mass is 10.5. The van der Waals surface area contributed by atoms with Gasteiger partial charge in [0, 0.05) is 30.9 Å². The molecule has 0 saturated carbocycles. The Morgan fingerprint density at radius 3 is 2.67 bits per heavy atom. The highest BCUT2D eigenvalue weighted by atomic mass is 35.5. The molecule has 0 atom stereocenters. The van der Waals surface area contributed by atoms with E-state index in [4.69, 9.17) is 11.6 Å².